The fraction of sp³-hybridized carbons (Fsp3) is 0.833. The lowest BCUT2D eigenvalue weighted by atomic mass is 9.64. The summed E-state index contributed by atoms with van der Waals surface area (Å²) in [6.45, 7) is 2.16. The van der Waals surface area contributed by atoms with Crippen LogP contribution >= 0.6 is 0 Å². The smallest absolute Gasteiger partial charge is 0.225 e. The maximum Gasteiger partial charge on any atom is 0.225 e. The van der Waals surface area contributed by atoms with Crippen molar-refractivity contribution in [3.8, 4) is 0 Å². The molecule has 3 saturated carbocycles. The lowest BCUT2D eigenvalue weighted by Gasteiger charge is -2.40. The van der Waals surface area contributed by atoms with Crippen LogP contribution in [0.5, 0.6) is 0 Å². The van der Waals surface area contributed by atoms with Gasteiger partial charge in [-0.25, -0.2) is 0 Å². The number of rotatable bonds is 1. The van der Waals surface area contributed by atoms with E-state index in [9.17, 15) is 4.79 Å². The number of likely N-dealkylation sites (tertiary alicyclic amines) is 1. The Kier molecular flexibility index (Phi) is 2.43. The largest absolute Gasteiger partial charge is 0.342 e. The molecule has 6 unspecified atom stereocenters. The first-order chi connectivity index (χ1) is 9.83. The molecule has 2 nitrogen and oxygen atoms in total. The molecule has 20 heavy (non-hydrogen) atoms. The molecule has 0 aromatic rings. The Morgan fingerprint density at radius 1 is 0.850 bits per heavy atom. The number of nitrogens with zero attached hydrogens (tertiary/aromatic N) is 1. The van der Waals surface area contributed by atoms with E-state index in [1.807, 2.05) is 0 Å². The fourth-order valence-corrected chi connectivity index (χ4v) is 6.04. The summed E-state index contributed by atoms with van der Waals surface area (Å²) < 4.78 is 0. The number of allylic oxidation sites excluding steroid dienone is 2. The molecule has 108 valence electrons. The molecule has 0 aromatic heterocycles. The summed E-state index contributed by atoms with van der Waals surface area (Å²) in [5, 5.41) is 0. The van der Waals surface area contributed by atoms with Crippen LogP contribution in [0.4, 0.5) is 0 Å². The fourth-order valence-electron chi connectivity index (χ4n) is 6.04. The molecule has 1 saturated heterocycles. The molecule has 2 heteroatoms. The molecule has 6 rings (SSSR count). The van der Waals surface area contributed by atoms with Gasteiger partial charge in [0.15, 0.2) is 0 Å². The summed E-state index contributed by atoms with van der Waals surface area (Å²) in [5.41, 5.74) is 0. The van der Waals surface area contributed by atoms with Gasteiger partial charge in [0.2, 0.25) is 5.91 Å². The second-order valence-corrected chi connectivity index (χ2v) is 8.01. The second kappa shape index (κ2) is 4.11. The van der Waals surface area contributed by atoms with E-state index in [-0.39, 0.29) is 0 Å². The van der Waals surface area contributed by atoms with Gasteiger partial charge in [0.1, 0.15) is 0 Å². The molecular weight excluding hydrogens is 246 g/mol. The van der Waals surface area contributed by atoms with Gasteiger partial charge in [-0.2, -0.15) is 0 Å². The first kappa shape index (κ1) is 11.8. The molecule has 4 fully saturated rings. The van der Waals surface area contributed by atoms with Crippen LogP contribution in [0.3, 0.4) is 0 Å². The van der Waals surface area contributed by atoms with Crippen molar-refractivity contribution in [2.75, 3.05) is 13.1 Å². The van der Waals surface area contributed by atoms with Crippen molar-refractivity contribution < 1.29 is 4.79 Å². The molecule has 6 atom stereocenters. The average molecular weight is 271 g/mol. The number of hydrogen-bond donors (Lipinski definition) is 0. The summed E-state index contributed by atoms with van der Waals surface area (Å²) in [7, 11) is 0. The SMILES string of the molecule is O=C(C1CCCCC1)N1CC2C3C=CC(C4CC34)C2C1. The van der Waals surface area contributed by atoms with Crippen molar-refractivity contribution in [1.82, 2.24) is 4.90 Å². The van der Waals surface area contributed by atoms with Crippen molar-refractivity contribution in [1.29, 1.82) is 0 Å². The van der Waals surface area contributed by atoms with E-state index in [1.165, 1.54) is 25.7 Å². The molecule has 0 radical (unpaired) electrons. The van der Waals surface area contributed by atoms with Crippen LogP contribution in [-0.2, 0) is 4.79 Å². The van der Waals surface area contributed by atoms with Gasteiger partial charge in [-0.15, -0.1) is 0 Å². The zero-order valence-electron chi connectivity index (χ0n) is 12.2. The van der Waals surface area contributed by atoms with E-state index in [0.717, 1.165) is 61.4 Å². The van der Waals surface area contributed by atoms with Crippen molar-refractivity contribution in [2.24, 2.45) is 41.4 Å². The monoisotopic (exact) mass is 271 g/mol. The number of hydrogen-bond acceptors (Lipinski definition) is 1. The van der Waals surface area contributed by atoms with Gasteiger partial charge in [0.25, 0.3) is 0 Å². The van der Waals surface area contributed by atoms with Gasteiger partial charge in [0.05, 0.1) is 0 Å². The minimum Gasteiger partial charge on any atom is -0.342 e. The second-order valence-electron chi connectivity index (χ2n) is 8.01. The predicted molar refractivity (Wildman–Crippen MR) is 77.9 cm³/mol. The number of carbonyl (C=O) groups excluding carboxylic acids is 1. The van der Waals surface area contributed by atoms with E-state index in [0.29, 0.717) is 11.8 Å². The van der Waals surface area contributed by atoms with Gasteiger partial charge in [-0.1, -0.05) is 31.4 Å². The number of carbonyl (C=O) groups is 1. The Morgan fingerprint density at radius 3 is 2.05 bits per heavy atom. The van der Waals surface area contributed by atoms with Gasteiger partial charge >= 0.3 is 0 Å². The van der Waals surface area contributed by atoms with Crippen LogP contribution in [0.2, 0.25) is 0 Å². The normalized spacial score (nSPS) is 49.1. The highest BCUT2D eigenvalue weighted by atomic mass is 16.2. The summed E-state index contributed by atoms with van der Waals surface area (Å²) in [4.78, 5) is 15.0. The molecule has 2 bridgehead atoms. The quantitative estimate of drug-likeness (QED) is 0.671. The first-order valence-corrected chi connectivity index (χ1v) is 8.80. The standard InChI is InChI=1S/C18H25NO/c20-18(11-4-2-1-3-5-11)19-9-16-12-6-7-13(17(16)10-19)15-8-14(12)15/h6-7,11-17H,1-5,8-10H2. The summed E-state index contributed by atoms with van der Waals surface area (Å²) in [6.07, 6.45) is 12.7. The van der Waals surface area contributed by atoms with Gasteiger partial charge in [0, 0.05) is 19.0 Å². The summed E-state index contributed by atoms with van der Waals surface area (Å²) in [6, 6.07) is 0. The molecule has 0 aromatic carbocycles. The third-order valence-corrected chi connectivity index (χ3v) is 7.10. The maximum atomic E-state index is 12.8. The van der Waals surface area contributed by atoms with E-state index >= 15 is 0 Å². The molecule has 1 aliphatic heterocycles. The minimum absolute atomic E-state index is 0.365. The van der Waals surface area contributed by atoms with Crippen LogP contribution in [0.25, 0.3) is 0 Å². The average Bonchev–Trinajstić information content (AvgIpc) is 3.20. The van der Waals surface area contributed by atoms with Crippen LogP contribution < -0.4 is 0 Å². The maximum absolute atomic E-state index is 12.8. The van der Waals surface area contributed by atoms with Crippen LogP contribution in [-0.4, -0.2) is 23.9 Å². The lowest BCUT2D eigenvalue weighted by molar-refractivity contribution is -0.135. The van der Waals surface area contributed by atoms with E-state index in [1.54, 1.807) is 0 Å². The van der Waals surface area contributed by atoms with E-state index < -0.39 is 0 Å². The zero-order chi connectivity index (χ0) is 13.3. The van der Waals surface area contributed by atoms with Crippen LogP contribution in [0.15, 0.2) is 12.2 Å². The first-order valence-electron chi connectivity index (χ1n) is 8.80. The molecular formula is C18H25NO. The Bertz CT molecular complexity index is 438. The van der Waals surface area contributed by atoms with Crippen molar-refractivity contribution in [3.63, 3.8) is 0 Å². The Balaban J connectivity index is 1.33. The zero-order valence-corrected chi connectivity index (χ0v) is 12.2. The van der Waals surface area contributed by atoms with Gasteiger partial charge in [-0.05, 0) is 54.8 Å². The van der Waals surface area contributed by atoms with Gasteiger partial charge < -0.3 is 4.90 Å². The van der Waals surface area contributed by atoms with Crippen LogP contribution in [0.1, 0.15) is 38.5 Å². The Morgan fingerprint density at radius 2 is 1.45 bits per heavy atom. The van der Waals surface area contributed by atoms with Crippen molar-refractivity contribution in [3.05, 3.63) is 12.2 Å². The highest BCUT2D eigenvalue weighted by Gasteiger charge is 2.61. The third-order valence-electron chi connectivity index (χ3n) is 7.10. The summed E-state index contributed by atoms with van der Waals surface area (Å²) in [5.74, 6) is 6.11. The van der Waals surface area contributed by atoms with Crippen molar-refractivity contribution in [2.45, 2.75) is 38.5 Å². The highest BCUT2D eigenvalue weighted by Crippen LogP contribution is 2.64. The highest BCUT2D eigenvalue weighted by molar-refractivity contribution is 5.79. The van der Waals surface area contributed by atoms with Gasteiger partial charge in [-0.3, -0.25) is 4.79 Å². The Hall–Kier alpha value is -0.790. The predicted octanol–water partition coefficient (Wildman–Crippen LogP) is 3.09. The number of amides is 1. The van der Waals surface area contributed by atoms with Crippen LogP contribution in [0, 0.1) is 41.4 Å². The molecule has 1 amide bonds. The third kappa shape index (κ3) is 1.54. The molecule has 1 heterocycles. The molecule has 0 N–H and O–H groups in total. The Labute approximate surface area is 121 Å². The molecule has 6 aliphatic rings. The minimum atomic E-state index is 0.365. The lowest BCUT2D eigenvalue weighted by Crippen LogP contribution is -2.37. The molecule has 0 spiro atoms. The van der Waals surface area contributed by atoms with E-state index in [2.05, 4.69) is 17.1 Å². The molecule has 5 aliphatic carbocycles. The van der Waals surface area contributed by atoms with Crippen molar-refractivity contribution >= 4 is 5.91 Å². The topological polar surface area (TPSA) is 20.3 Å². The summed E-state index contributed by atoms with van der Waals surface area (Å²) >= 11 is 0. The van der Waals surface area contributed by atoms with E-state index in [4.69, 9.17) is 0 Å².